The third-order valence-electron chi connectivity index (χ3n) is 10.6. The molecule has 9 N–H and O–H groups in total. The first-order chi connectivity index (χ1) is 21.0. The quantitative estimate of drug-likeness (QED) is 0.183. The van der Waals surface area contributed by atoms with Crippen molar-refractivity contribution in [2.75, 3.05) is 6.54 Å². The normalized spacial score (nSPS) is 32.1. The lowest BCUT2D eigenvalue weighted by atomic mass is 9.38. The Labute approximate surface area is 259 Å². The Morgan fingerprint density at radius 1 is 0.977 bits per heavy atom. The van der Waals surface area contributed by atoms with E-state index in [1.165, 1.54) is 12.1 Å². The van der Waals surface area contributed by atoms with Crippen molar-refractivity contribution in [1.29, 1.82) is 0 Å². The Balaban J connectivity index is 1.54. The van der Waals surface area contributed by atoms with Crippen LogP contribution in [0.5, 0.6) is 5.75 Å². The number of nitrogens with two attached hydrogens (primary N) is 3. The predicted octanol–water partition coefficient (Wildman–Crippen LogP) is 1.78. The van der Waals surface area contributed by atoms with Crippen molar-refractivity contribution >= 4 is 23.4 Å². The van der Waals surface area contributed by atoms with Crippen LogP contribution < -0.4 is 27.8 Å². The number of hydrogen-bond acceptors (Lipinski definition) is 8. The summed E-state index contributed by atoms with van der Waals surface area (Å²) in [4.78, 5) is 56.3. The van der Waals surface area contributed by atoms with E-state index in [0.717, 1.165) is 18.4 Å². The first-order valence-corrected chi connectivity index (χ1v) is 16.0. The lowest BCUT2D eigenvalue weighted by molar-refractivity contribution is -0.181. The van der Waals surface area contributed by atoms with E-state index in [1.807, 2.05) is 31.2 Å². The summed E-state index contributed by atoms with van der Waals surface area (Å²) in [5, 5.41) is 15.8. The third kappa shape index (κ3) is 5.87. The Morgan fingerprint density at radius 3 is 2.23 bits per heavy atom. The zero-order valence-corrected chi connectivity index (χ0v) is 25.5. The van der Waals surface area contributed by atoms with Gasteiger partial charge in [-0.15, -0.1) is 0 Å². The van der Waals surface area contributed by atoms with Crippen LogP contribution in [0.3, 0.4) is 0 Å². The van der Waals surface area contributed by atoms with Crippen LogP contribution in [0.4, 0.5) is 0 Å². The van der Waals surface area contributed by atoms with Gasteiger partial charge in [0, 0.05) is 0 Å². The second-order valence-corrected chi connectivity index (χ2v) is 13.5. The SMILES string of the molecule is CCC(N)C(=O)C1(C(=O)[C@@H](N)Cc2ccc(O)cc2)C2CC3CC(C2)CC1(NC(=O)[C@H](CC1C=CC=CC1)NC(=O)CN)C3. The first kappa shape index (κ1) is 32.1. The van der Waals surface area contributed by atoms with Gasteiger partial charge in [0.25, 0.3) is 0 Å². The topological polar surface area (TPSA) is 191 Å². The van der Waals surface area contributed by atoms with Gasteiger partial charge in [0.1, 0.15) is 17.2 Å². The molecule has 1 aromatic rings. The molecule has 238 valence electrons. The van der Waals surface area contributed by atoms with E-state index in [4.69, 9.17) is 17.2 Å². The van der Waals surface area contributed by atoms with Gasteiger partial charge < -0.3 is 32.9 Å². The second kappa shape index (κ2) is 12.9. The largest absolute Gasteiger partial charge is 0.508 e. The van der Waals surface area contributed by atoms with Gasteiger partial charge in [0.05, 0.1) is 24.2 Å². The molecule has 44 heavy (non-hydrogen) atoms. The van der Waals surface area contributed by atoms with Crippen LogP contribution in [0, 0.1) is 29.1 Å². The number of nitrogens with one attached hydrogen (secondary N) is 2. The van der Waals surface area contributed by atoms with Crippen LogP contribution in [0.25, 0.3) is 0 Å². The molecule has 6 rings (SSSR count). The third-order valence-corrected chi connectivity index (χ3v) is 10.6. The van der Waals surface area contributed by atoms with Crippen molar-refractivity contribution in [2.24, 2.45) is 46.3 Å². The number of hydrogen-bond donors (Lipinski definition) is 6. The standard InChI is InChI=1S/C34H47N5O5/c1-2-26(36)30(42)34(31(43)27(37)15-21-8-10-25(40)11-9-21)24-13-22-12-23(14-24)18-33(34,17-22)39-32(44)28(38-29(41)19-35)16-20-6-4-3-5-7-20/h3-6,8-11,20,22-24,26-28,40H,2,7,12-19,35-37H2,1H3,(H,38,41)(H,39,44)/t20?,22?,23?,24?,26?,27-,28-,33?,34?/m0/s1. The number of ketones is 2. The molecular formula is C34H47N5O5. The molecule has 10 nitrogen and oxygen atoms in total. The van der Waals surface area contributed by atoms with Crippen molar-refractivity contribution in [3.8, 4) is 5.75 Å². The zero-order valence-electron chi connectivity index (χ0n) is 25.5. The van der Waals surface area contributed by atoms with Crippen LogP contribution in [0.1, 0.15) is 63.9 Å². The summed E-state index contributed by atoms with van der Waals surface area (Å²) in [5.74, 6) is -1.23. The van der Waals surface area contributed by atoms with Crippen LogP contribution in [-0.2, 0) is 25.6 Å². The first-order valence-electron chi connectivity index (χ1n) is 16.0. The lowest BCUT2D eigenvalue weighted by Gasteiger charge is -2.66. The van der Waals surface area contributed by atoms with Crippen molar-refractivity contribution in [3.05, 3.63) is 54.1 Å². The minimum Gasteiger partial charge on any atom is -0.508 e. The van der Waals surface area contributed by atoms with Crippen LogP contribution in [-0.4, -0.2) is 58.7 Å². The van der Waals surface area contributed by atoms with Crippen molar-refractivity contribution in [3.63, 3.8) is 0 Å². The van der Waals surface area contributed by atoms with Crippen LogP contribution >= 0.6 is 0 Å². The van der Waals surface area contributed by atoms with Crippen molar-refractivity contribution in [2.45, 2.75) is 88.4 Å². The highest BCUT2D eigenvalue weighted by molar-refractivity contribution is 6.13. The molecule has 10 heteroatoms. The van der Waals surface area contributed by atoms with E-state index < -0.39 is 40.9 Å². The molecule has 0 radical (unpaired) electrons. The van der Waals surface area contributed by atoms with Gasteiger partial charge in [-0.05, 0) is 99.2 Å². The molecule has 0 aromatic heterocycles. The molecule has 0 spiro atoms. The monoisotopic (exact) mass is 605 g/mol. The maximum absolute atomic E-state index is 14.9. The molecule has 4 fully saturated rings. The highest BCUT2D eigenvalue weighted by atomic mass is 16.3. The summed E-state index contributed by atoms with van der Waals surface area (Å²) in [6.45, 7) is 1.56. The number of amides is 2. The molecule has 7 atom stereocenters. The fourth-order valence-corrected chi connectivity index (χ4v) is 8.90. The number of benzene rings is 1. The summed E-state index contributed by atoms with van der Waals surface area (Å²) >= 11 is 0. The molecule has 0 heterocycles. The number of carbonyl (C=O) groups is 4. The van der Waals surface area contributed by atoms with Gasteiger partial charge in [0.2, 0.25) is 11.8 Å². The van der Waals surface area contributed by atoms with Crippen molar-refractivity contribution < 1.29 is 24.3 Å². The predicted molar refractivity (Wildman–Crippen MR) is 167 cm³/mol. The summed E-state index contributed by atoms with van der Waals surface area (Å²) in [6, 6.07) is 3.69. The van der Waals surface area contributed by atoms with E-state index in [2.05, 4.69) is 10.6 Å². The van der Waals surface area contributed by atoms with Crippen LogP contribution in [0.15, 0.2) is 48.6 Å². The molecule has 0 saturated heterocycles. The lowest BCUT2D eigenvalue weighted by Crippen LogP contribution is -2.79. The van der Waals surface area contributed by atoms with Gasteiger partial charge >= 0.3 is 0 Å². The Bertz CT molecular complexity index is 1310. The zero-order chi connectivity index (χ0) is 31.6. The van der Waals surface area contributed by atoms with Gasteiger partial charge in [-0.1, -0.05) is 43.4 Å². The van der Waals surface area contributed by atoms with Gasteiger partial charge in [-0.2, -0.15) is 0 Å². The summed E-state index contributed by atoms with van der Waals surface area (Å²) in [6.07, 6.45) is 12.9. The van der Waals surface area contributed by atoms with Crippen LogP contribution in [0.2, 0.25) is 0 Å². The highest BCUT2D eigenvalue weighted by Crippen LogP contribution is 2.65. The van der Waals surface area contributed by atoms with Gasteiger partial charge in [-0.25, -0.2) is 0 Å². The van der Waals surface area contributed by atoms with E-state index in [0.29, 0.717) is 38.5 Å². The molecule has 1 aromatic carbocycles. The number of phenolic OH excluding ortho intramolecular Hbond substituents is 1. The molecule has 4 bridgehead atoms. The number of rotatable bonds is 13. The highest BCUT2D eigenvalue weighted by Gasteiger charge is 2.73. The fraction of sp³-hybridized carbons (Fsp3) is 0.588. The van der Waals surface area contributed by atoms with Gasteiger partial charge in [-0.3, -0.25) is 19.2 Å². The molecule has 5 unspecified atom stereocenters. The van der Waals surface area contributed by atoms with E-state index >= 15 is 0 Å². The minimum absolute atomic E-state index is 0.0328. The number of allylic oxidation sites excluding steroid dienone is 4. The Hall–Kier alpha value is -3.34. The maximum atomic E-state index is 14.9. The molecule has 2 amide bonds. The average Bonchev–Trinajstić information content (AvgIpc) is 3.01. The summed E-state index contributed by atoms with van der Waals surface area (Å²) < 4.78 is 0. The molecule has 4 saturated carbocycles. The molecule has 5 aliphatic rings. The number of aromatic hydroxyl groups is 1. The average molecular weight is 606 g/mol. The van der Waals surface area contributed by atoms with E-state index in [-0.39, 0.29) is 54.0 Å². The fourth-order valence-electron chi connectivity index (χ4n) is 8.90. The number of phenols is 1. The van der Waals surface area contributed by atoms with E-state index in [9.17, 15) is 24.3 Å². The molecular weight excluding hydrogens is 558 g/mol. The van der Waals surface area contributed by atoms with E-state index in [1.54, 1.807) is 12.1 Å². The summed E-state index contributed by atoms with van der Waals surface area (Å²) in [7, 11) is 0. The van der Waals surface area contributed by atoms with Crippen molar-refractivity contribution in [1.82, 2.24) is 10.6 Å². The number of carbonyl (C=O) groups excluding carboxylic acids is 4. The molecule has 5 aliphatic carbocycles. The smallest absolute Gasteiger partial charge is 0.243 e. The Kier molecular flexibility index (Phi) is 9.44. The maximum Gasteiger partial charge on any atom is 0.243 e. The van der Waals surface area contributed by atoms with Gasteiger partial charge in [0.15, 0.2) is 11.6 Å². The second-order valence-electron chi connectivity index (χ2n) is 13.5. The number of Topliss-reactive ketones (excluding diaryl/α,β-unsaturated/α-hetero) is 2. The Morgan fingerprint density at radius 2 is 1.64 bits per heavy atom. The minimum atomic E-state index is -1.59. The molecule has 0 aliphatic heterocycles. The summed E-state index contributed by atoms with van der Waals surface area (Å²) in [5.41, 5.74) is 16.8.